The summed E-state index contributed by atoms with van der Waals surface area (Å²) >= 11 is 0. The summed E-state index contributed by atoms with van der Waals surface area (Å²) in [5.41, 5.74) is -0.188. The molecule has 1 saturated heterocycles. The second kappa shape index (κ2) is 6.40. The third-order valence-electron chi connectivity index (χ3n) is 3.76. The lowest BCUT2D eigenvalue weighted by Gasteiger charge is -2.32. The van der Waals surface area contributed by atoms with Crippen LogP contribution in [-0.2, 0) is 9.59 Å². The van der Waals surface area contributed by atoms with Gasteiger partial charge in [-0.15, -0.1) is 0 Å². The highest BCUT2D eigenvalue weighted by Gasteiger charge is 2.40. The lowest BCUT2D eigenvalue weighted by molar-refractivity contribution is -0.135. The minimum absolute atomic E-state index is 0.109. The van der Waals surface area contributed by atoms with Gasteiger partial charge in [0.1, 0.15) is 0 Å². The number of amides is 2. The number of hydrogen-bond acceptors (Lipinski definition) is 2. The fraction of sp³-hybridized carbons (Fsp3) is 0.867. The van der Waals surface area contributed by atoms with Gasteiger partial charge < -0.3 is 9.80 Å². The van der Waals surface area contributed by atoms with Crippen LogP contribution in [0.3, 0.4) is 0 Å². The van der Waals surface area contributed by atoms with E-state index in [1.165, 1.54) is 0 Å². The lowest BCUT2D eigenvalue weighted by Crippen LogP contribution is -2.43. The number of likely N-dealkylation sites (tertiary alicyclic amines) is 1. The van der Waals surface area contributed by atoms with Crippen molar-refractivity contribution in [2.75, 3.05) is 19.6 Å². The van der Waals surface area contributed by atoms with Gasteiger partial charge in [0.25, 0.3) is 0 Å². The van der Waals surface area contributed by atoms with Crippen molar-refractivity contribution < 1.29 is 9.59 Å². The Morgan fingerprint density at radius 3 is 2.42 bits per heavy atom. The van der Waals surface area contributed by atoms with Gasteiger partial charge in [0.15, 0.2) is 0 Å². The lowest BCUT2D eigenvalue weighted by atomic mass is 10.1. The van der Waals surface area contributed by atoms with Crippen molar-refractivity contribution in [3.05, 3.63) is 0 Å². The fourth-order valence-corrected chi connectivity index (χ4v) is 2.55. The molecule has 1 aliphatic rings. The molecule has 0 spiro atoms. The molecule has 19 heavy (non-hydrogen) atoms. The maximum absolute atomic E-state index is 12.4. The van der Waals surface area contributed by atoms with Crippen molar-refractivity contribution >= 4 is 11.8 Å². The topological polar surface area (TPSA) is 40.6 Å². The molecule has 1 heterocycles. The highest BCUT2D eigenvalue weighted by molar-refractivity contribution is 5.89. The van der Waals surface area contributed by atoms with Gasteiger partial charge in [0, 0.05) is 31.6 Å². The summed E-state index contributed by atoms with van der Waals surface area (Å²) in [7, 11) is 0. The molecule has 110 valence electrons. The van der Waals surface area contributed by atoms with Gasteiger partial charge in [-0.1, -0.05) is 13.3 Å². The van der Waals surface area contributed by atoms with Crippen LogP contribution in [0.15, 0.2) is 0 Å². The van der Waals surface area contributed by atoms with Gasteiger partial charge in [-0.3, -0.25) is 9.59 Å². The Labute approximate surface area is 117 Å². The Hall–Kier alpha value is -1.06. The van der Waals surface area contributed by atoms with Crippen molar-refractivity contribution in [1.29, 1.82) is 0 Å². The molecule has 2 amide bonds. The van der Waals surface area contributed by atoms with Gasteiger partial charge >= 0.3 is 0 Å². The van der Waals surface area contributed by atoms with Crippen molar-refractivity contribution in [3.63, 3.8) is 0 Å². The van der Waals surface area contributed by atoms with Crippen LogP contribution in [0.5, 0.6) is 0 Å². The van der Waals surface area contributed by atoms with Gasteiger partial charge in [-0.05, 0) is 34.1 Å². The first-order valence-electron chi connectivity index (χ1n) is 7.40. The van der Waals surface area contributed by atoms with E-state index in [1.807, 2.05) is 37.5 Å². The highest BCUT2D eigenvalue weighted by Crippen LogP contribution is 2.27. The maximum atomic E-state index is 12.4. The molecule has 1 atom stereocenters. The molecule has 1 unspecified atom stereocenters. The minimum Gasteiger partial charge on any atom is -0.343 e. The van der Waals surface area contributed by atoms with Crippen LogP contribution in [0.1, 0.15) is 53.9 Å². The molecule has 0 aromatic carbocycles. The van der Waals surface area contributed by atoms with E-state index in [9.17, 15) is 9.59 Å². The number of unbranched alkanes of at least 4 members (excludes halogenated alkanes) is 1. The number of carbonyl (C=O) groups is 2. The molecule has 0 aromatic heterocycles. The molecule has 0 radical (unpaired) electrons. The summed E-state index contributed by atoms with van der Waals surface area (Å²) < 4.78 is 0. The van der Waals surface area contributed by atoms with Crippen LogP contribution in [0.4, 0.5) is 0 Å². The van der Waals surface area contributed by atoms with E-state index >= 15 is 0 Å². The Kier molecular flexibility index (Phi) is 5.39. The van der Waals surface area contributed by atoms with Crippen molar-refractivity contribution in [1.82, 2.24) is 9.80 Å². The number of nitrogens with zero attached hydrogens (tertiary/aromatic N) is 2. The first-order chi connectivity index (χ1) is 8.81. The first-order valence-corrected chi connectivity index (χ1v) is 7.40. The largest absolute Gasteiger partial charge is 0.343 e. The summed E-state index contributed by atoms with van der Waals surface area (Å²) in [5, 5.41) is 0. The van der Waals surface area contributed by atoms with Crippen LogP contribution < -0.4 is 0 Å². The van der Waals surface area contributed by atoms with Crippen molar-refractivity contribution in [2.24, 2.45) is 5.92 Å². The molecule has 0 aliphatic carbocycles. The quantitative estimate of drug-likeness (QED) is 0.767. The number of carbonyl (C=O) groups excluding carboxylic acids is 2. The molecule has 0 bridgehead atoms. The van der Waals surface area contributed by atoms with Crippen LogP contribution in [0.25, 0.3) is 0 Å². The van der Waals surface area contributed by atoms with E-state index in [0.29, 0.717) is 13.0 Å². The monoisotopic (exact) mass is 268 g/mol. The van der Waals surface area contributed by atoms with E-state index in [1.54, 1.807) is 0 Å². The van der Waals surface area contributed by atoms with Crippen LogP contribution in [0.2, 0.25) is 0 Å². The zero-order valence-corrected chi connectivity index (χ0v) is 13.0. The predicted octanol–water partition coefficient (Wildman–Crippen LogP) is 2.28. The van der Waals surface area contributed by atoms with Crippen molar-refractivity contribution in [3.8, 4) is 0 Å². The van der Waals surface area contributed by atoms with E-state index in [-0.39, 0.29) is 23.3 Å². The number of rotatable bonds is 5. The van der Waals surface area contributed by atoms with Crippen LogP contribution >= 0.6 is 0 Å². The average Bonchev–Trinajstić information content (AvgIpc) is 2.72. The summed E-state index contributed by atoms with van der Waals surface area (Å²) in [4.78, 5) is 28.2. The third kappa shape index (κ3) is 3.95. The smallest absolute Gasteiger partial charge is 0.227 e. The van der Waals surface area contributed by atoms with E-state index < -0.39 is 0 Å². The average molecular weight is 268 g/mol. The van der Waals surface area contributed by atoms with E-state index in [4.69, 9.17) is 0 Å². The van der Waals surface area contributed by atoms with Crippen molar-refractivity contribution in [2.45, 2.75) is 59.4 Å². The Bertz CT molecular complexity index is 334. The normalized spacial score (nSPS) is 19.9. The zero-order chi connectivity index (χ0) is 14.6. The highest BCUT2D eigenvalue weighted by atomic mass is 16.2. The molecular weight excluding hydrogens is 240 g/mol. The molecule has 0 aromatic rings. The molecule has 1 aliphatic heterocycles. The predicted molar refractivity (Wildman–Crippen MR) is 76.7 cm³/mol. The summed E-state index contributed by atoms with van der Waals surface area (Å²) in [5.74, 6) is 0.108. The van der Waals surface area contributed by atoms with Gasteiger partial charge in [-0.25, -0.2) is 0 Å². The van der Waals surface area contributed by atoms with Gasteiger partial charge in [0.2, 0.25) is 11.8 Å². The molecule has 1 fully saturated rings. The zero-order valence-electron chi connectivity index (χ0n) is 13.0. The molecule has 4 nitrogen and oxygen atoms in total. The standard InChI is InChI=1S/C15H28N2O2/c1-6-8-9-16(7-2)14(19)12-10-13(18)17(11-12)15(3,4)5/h12H,6-11H2,1-5H3. The molecule has 1 rings (SSSR count). The fourth-order valence-electron chi connectivity index (χ4n) is 2.55. The Balaban J connectivity index is 2.66. The second-order valence-corrected chi connectivity index (χ2v) is 6.35. The summed E-state index contributed by atoms with van der Waals surface area (Å²) in [6, 6.07) is 0. The molecule has 4 heteroatoms. The molecule has 0 saturated carbocycles. The molecular formula is C15H28N2O2. The van der Waals surface area contributed by atoms with Crippen LogP contribution in [0, 0.1) is 5.92 Å². The number of hydrogen-bond donors (Lipinski definition) is 0. The Morgan fingerprint density at radius 1 is 1.37 bits per heavy atom. The summed E-state index contributed by atoms with van der Waals surface area (Å²) in [6.07, 6.45) is 2.49. The Morgan fingerprint density at radius 2 is 2.00 bits per heavy atom. The minimum atomic E-state index is -0.188. The van der Waals surface area contributed by atoms with E-state index in [2.05, 4.69) is 6.92 Å². The van der Waals surface area contributed by atoms with Gasteiger partial charge in [0.05, 0.1) is 5.92 Å². The first kappa shape index (κ1) is 16.0. The van der Waals surface area contributed by atoms with Gasteiger partial charge in [-0.2, -0.15) is 0 Å². The maximum Gasteiger partial charge on any atom is 0.227 e. The summed E-state index contributed by atoms with van der Waals surface area (Å²) in [6.45, 7) is 12.3. The SMILES string of the molecule is CCCCN(CC)C(=O)C1CC(=O)N(C(C)(C)C)C1. The van der Waals surface area contributed by atoms with Crippen LogP contribution in [-0.4, -0.2) is 46.8 Å². The molecule has 0 N–H and O–H groups in total. The second-order valence-electron chi connectivity index (χ2n) is 6.35. The van der Waals surface area contributed by atoms with E-state index in [0.717, 1.165) is 25.9 Å². The third-order valence-corrected chi connectivity index (χ3v) is 3.76.